The van der Waals surface area contributed by atoms with Gasteiger partial charge in [0.05, 0.1) is 19.6 Å². The summed E-state index contributed by atoms with van der Waals surface area (Å²) in [6.45, 7) is 3.48. The molecule has 0 spiro atoms. The first-order valence-corrected chi connectivity index (χ1v) is 7.10. The van der Waals surface area contributed by atoms with Crippen molar-refractivity contribution in [2.24, 2.45) is 5.41 Å². The molecule has 0 radical (unpaired) electrons. The number of hydrogen-bond donors (Lipinski definition) is 0. The van der Waals surface area contributed by atoms with Crippen molar-refractivity contribution in [1.82, 2.24) is 0 Å². The van der Waals surface area contributed by atoms with Gasteiger partial charge in [-0.25, -0.2) is 4.39 Å². The molecular formula is C16H17FO5. The molecule has 0 bridgehead atoms. The molecule has 0 aromatic heterocycles. The number of benzene rings is 1. The van der Waals surface area contributed by atoms with E-state index in [4.69, 9.17) is 9.47 Å². The van der Waals surface area contributed by atoms with E-state index in [9.17, 15) is 18.8 Å². The van der Waals surface area contributed by atoms with Gasteiger partial charge in [0, 0.05) is 5.56 Å². The van der Waals surface area contributed by atoms with Crippen molar-refractivity contribution in [3.8, 4) is 0 Å². The van der Waals surface area contributed by atoms with Crippen molar-refractivity contribution in [3.05, 3.63) is 35.1 Å². The molecule has 0 heterocycles. The number of ether oxygens (including phenoxy) is 2. The van der Waals surface area contributed by atoms with E-state index in [1.165, 1.54) is 12.1 Å². The Morgan fingerprint density at radius 3 is 2.55 bits per heavy atom. The number of rotatable bonds is 5. The fraction of sp³-hybridized carbons (Fsp3) is 0.438. The number of Topliss-reactive ketones (excluding diaryl/α,β-unsaturated/α-hetero) is 1. The van der Waals surface area contributed by atoms with Crippen LogP contribution in [0.2, 0.25) is 0 Å². The second-order valence-electron chi connectivity index (χ2n) is 5.09. The van der Waals surface area contributed by atoms with Crippen LogP contribution >= 0.6 is 0 Å². The van der Waals surface area contributed by atoms with Crippen LogP contribution in [0.25, 0.3) is 0 Å². The third-order valence-corrected chi connectivity index (χ3v) is 3.66. The van der Waals surface area contributed by atoms with E-state index in [2.05, 4.69) is 0 Å². The second-order valence-corrected chi connectivity index (χ2v) is 5.09. The first kappa shape index (κ1) is 16.1. The molecule has 0 N–H and O–H groups in total. The Kier molecular flexibility index (Phi) is 4.59. The Labute approximate surface area is 127 Å². The summed E-state index contributed by atoms with van der Waals surface area (Å²) in [5, 5.41) is 0. The van der Waals surface area contributed by atoms with Crippen LogP contribution in [-0.4, -0.2) is 30.9 Å². The van der Waals surface area contributed by atoms with Crippen LogP contribution in [0, 0.1) is 11.2 Å². The molecule has 0 saturated carbocycles. The van der Waals surface area contributed by atoms with Crippen LogP contribution in [0.4, 0.5) is 4.39 Å². The van der Waals surface area contributed by atoms with Crippen molar-refractivity contribution < 1.29 is 28.2 Å². The smallest absolute Gasteiger partial charge is 0.320 e. The van der Waals surface area contributed by atoms with Crippen LogP contribution in [-0.2, 0) is 25.5 Å². The van der Waals surface area contributed by atoms with Gasteiger partial charge < -0.3 is 9.47 Å². The van der Waals surface area contributed by atoms with Crippen molar-refractivity contribution in [1.29, 1.82) is 0 Å². The molecule has 1 aromatic carbocycles. The fourth-order valence-electron chi connectivity index (χ4n) is 2.70. The molecule has 0 amide bonds. The molecule has 0 saturated heterocycles. The lowest BCUT2D eigenvalue weighted by atomic mass is 9.80. The number of ketones is 1. The van der Waals surface area contributed by atoms with E-state index in [1.807, 2.05) is 0 Å². The van der Waals surface area contributed by atoms with E-state index in [0.29, 0.717) is 5.56 Å². The van der Waals surface area contributed by atoms with Gasteiger partial charge in [-0.05, 0) is 44.0 Å². The van der Waals surface area contributed by atoms with Gasteiger partial charge in [-0.2, -0.15) is 0 Å². The van der Waals surface area contributed by atoms with Gasteiger partial charge in [0.15, 0.2) is 5.78 Å². The van der Waals surface area contributed by atoms with E-state index in [-0.39, 0.29) is 25.2 Å². The number of carbonyl (C=O) groups is 3. The Bertz CT molecular complexity index is 625. The largest absolute Gasteiger partial charge is 0.466 e. The standard InChI is InChI=1S/C16H17FO5/c1-3-21-13(18)9-16(15(20)22-4-2)8-10-7-11(17)5-6-12(10)14(16)19/h5-7H,3-4,8-9H2,1-2H3. The maximum absolute atomic E-state index is 13.4. The first-order chi connectivity index (χ1) is 10.4. The summed E-state index contributed by atoms with van der Waals surface area (Å²) in [6, 6.07) is 3.70. The molecule has 118 valence electrons. The molecule has 1 aliphatic carbocycles. The highest BCUT2D eigenvalue weighted by Gasteiger charge is 2.54. The number of esters is 2. The zero-order chi connectivity index (χ0) is 16.3. The van der Waals surface area contributed by atoms with Crippen LogP contribution in [0.1, 0.15) is 36.2 Å². The van der Waals surface area contributed by atoms with E-state index in [0.717, 1.165) is 6.07 Å². The Balaban J connectivity index is 2.41. The van der Waals surface area contributed by atoms with E-state index < -0.39 is 35.4 Å². The second kappa shape index (κ2) is 6.25. The molecule has 6 heteroatoms. The number of carbonyl (C=O) groups excluding carboxylic acids is 3. The molecule has 5 nitrogen and oxygen atoms in total. The van der Waals surface area contributed by atoms with Crippen molar-refractivity contribution in [2.75, 3.05) is 13.2 Å². The first-order valence-electron chi connectivity index (χ1n) is 7.10. The highest BCUT2D eigenvalue weighted by atomic mass is 19.1. The van der Waals surface area contributed by atoms with Crippen LogP contribution < -0.4 is 0 Å². The summed E-state index contributed by atoms with van der Waals surface area (Å²) < 4.78 is 23.2. The quantitative estimate of drug-likeness (QED) is 0.615. The summed E-state index contributed by atoms with van der Waals surface area (Å²) >= 11 is 0. The maximum atomic E-state index is 13.4. The zero-order valence-corrected chi connectivity index (χ0v) is 12.5. The average Bonchev–Trinajstić information content (AvgIpc) is 2.72. The SMILES string of the molecule is CCOC(=O)CC1(C(=O)OCC)Cc2cc(F)ccc2C1=O. The van der Waals surface area contributed by atoms with Gasteiger partial charge in [-0.15, -0.1) is 0 Å². The highest BCUT2D eigenvalue weighted by molar-refractivity contribution is 6.17. The minimum absolute atomic E-state index is 0.0590. The molecule has 2 rings (SSSR count). The van der Waals surface area contributed by atoms with Crippen molar-refractivity contribution >= 4 is 17.7 Å². The summed E-state index contributed by atoms with van der Waals surface area (Å²) in [6.07, 6.45) is -0.467. The lowest BCUT2D eigenvalue weighted by Gasteiger charge is -2.23. The summed E-state index contributed by atoms with van der Waals surface area (Å²) in [5.74, 6) is -2.45. The molecule has 1 atom stereocenters. The van der Waals surface area contributed by atoms with Crippen molar-refractivity contribution in [3.63, 3.8) is 0 Å². The fourth-order valence-corrected chi connectivity index (χ4v) is 2.70. The number of hydrogen-bond acceptors (Lipinski definition) is 5. The Hall–Kier alpha value is -2.24. The Morgan fingerprint density at radius 2 is 1.91 bits per heavy atom. The topological polar surface area (TPSA) is 69.7 Å². The van der Waals surface area contributed by atoms with Gasteiger partial charge in [-0.3, -0.25) is 14.4 Å². The zero-order valence-electron chi connectivity index (χ0n) is 12.5. The summed E-state index contributed by atoms with van der Waals surface area (Å²) in [5.41, 5.74) is -1.00. The highest BCUT2D eigenvalue weighted by Crippen LogP contribution is 2.41. The predicted octanol–water partition coefficient (Wildman–Crippen LogP) is 2.07. The lowest BCUT2D eigenvalue weighted by Crippen LogP contribution is -2.41. The van der Waals surface area contributed by atoms with Gasteiger partial charge in [0.1, 0.15) is 11.2 Å². The minimum atomic E-state index is -1.65. The molecule has 22 heavy (non-hydrogen) atoms. The molecule has 0 aliphatic heterocycles. The molecule has 1 unspecified atom stereocenters. The van der Waals surface area contributed by atoms with Gasteiger partial charge in [0.25, 0.3) is 0 Å². The average molecular weight is 308 g/mol. The van der Waals surface area contributed by atoms with Crippen LogP contribution in [0.15, 0.2) is 18.2 Å². The molecule has 0 fully saturated rings. The van der Waals surface area contributed by atoms with Gasteiger partial charge >= 0.3 is 11.9 Å². The normalized spacial score (nSPS) is 19.7. The maximum Gasteiger partial charge on any atom is 0.320 e. The minimum Gasteiger partial charge on any atom is -0.466 e. The molecule has 1 aliphatic rings. The molecular weight excluding hydrogens is 291 g/mol. The summed E-state index contributed by atoms with van der Waals surface area (Å²) in [7, 11) is 0. The monoisotopic (exact) mass is 308 g/mol. The van der Waals surface area contributed by atoms with Gasteiger partial charge in [0.2, 0.25) is 0 Å². The van der Waals surface area contributed by atoms with E-state index >= 15 is 0 Å². The number of fused-ring (bicyclic) bond motifs is 1. The third kappa shape index (κ3) is 2.73. The summed E-state index contributed by atoms with van der Waals surface area (Å²) in [4.78, 5) is 36.8. The van der Waals surface area contributed by atoms with Crippen LogP contribution in [0.3, 0.4) is 0 Å². The van der Waals surface area contributed by atoms with Crippen LogP contribution in [0.5, 0.6) is 0 Å². The number of halogens is 1. The van der Waals surface area contributed by atoms with Crippen molar-refractivity contribution in [2.45, 2.75) is 26.7 Å². The van der Waals surface area contributed by atoms with Gasteiger partial charge in [-0.1, -0.05) is 0 Å². The Morgan fingerprint density at radius 1 is 1.23 bits per heavy atom. The third-order valence-electron chi connectivity index (χ3n) is 3.66. The van der Waals surface area contributed by atoms with E-state index in [1.54, 1.807) is 13.8 Å². The predicted molar refractivity (Wildman–Crippen MR) is 74.8 cm³/mol. The lowest BCUT2D eigenvalue weighted by molar-refractivity contribution is -0.158. The molecule has 1 aromatic rings.